The monoisotopic (exact) mass is 195 g/mol. The van der Waals surface area contributed by atoms with Crippen LogP contribution in [0.3, 0.4) is 0 Å². The number of hydrogen-bond acceptors (Lipinski definition) is 2. The molecule has 3 heteroatoms. The minimum Gasteiger partial charge on any atom is -0.496 e. The van der Waals surface area contributed by atoms with Gasteiger partial charge in [0, 0.05) is 11.1 Å². The van der Waals surface area contributed by atoms with E-state index in [0.717, 1.165) is 12.8 Å². The van der Waals surface area contributed by atoms with Crippen molar-refractivity contribution in [3.63, 3.8) is 0 Å². The average Bonchev–Trinajstić information content (AvgIpc) is 2.89. The Bertz CT molecular complexity index is 372. The Morgan fingerprint density at radius 3 is 2.57 bits per heavy atom. The lowest BCUT2D eigenvalue weighted by atomic mass is 10.0. The summed E-state index contributed by atoms with van der Waals surface area (Å²) in [5.41, 5.74) is 6.67. The molecule has 1 aromatic carbocycles. The van der Waals surface area contributed by atoms with Gasteiger partial charge in [0.25, 0.3) is 0 Å². The third kappa shape index (κ3) is 1.28. The third-order valence-corrected chi connectivity index (χ3v) is 2.80. The van der Waals surface area contributed by atoms with Gasteiger partial charge in [-0.05, 0) is 31.4 Å². The lowest BCUT2D eigenvalue weighted by Gasteiger charge is -2.16. The first kappa shape index (κ1) is 9.46. The van der Waals surface area contributed by atoms with Crippen molar-refractivity contribution in [2.75, 3.05) is 7.11 Å². The first-order chi connectivity index (χ1) is 6.58. The highest BCUT2D eigenvalue weighted by molar-refractivity contribution is 5.45. The van der Waals surface area contributed by atoms with E-state index in [1.54, 1.807) is 26.2 Å². The summed E-state index contributed by atoms with van der Waals surface area (Å²) in [5, 5.41) is 0. The Morgan fingerprint density at radius 2 is 2.07 bits per heavy atom. The molecule has 0 atom stereocenters. The first-order valence-electron chi connectivity index (χ1n) is 4.71. The largest absolute Gasteiger partial charge is 0.496 e. The quantitative estimate of drug-likeness (QED) is 0.784. The molecule has 0 aliphatic heterocycles. The van der Waals surface area contributed by atoms with Crippen LogP contribution in [-0.2, 0) is 5.54 Å². The van der Waals surface area contributed by atoms with Crippen molar-refractivity contribution in [3.8, 4) is 5.75 Å². The van der Waals surface area contributed by atoms with Crippen LogP contribution in [0.15, 0.2) is 12.1 Å². The van der Waals surface area contributed by atoms with E-state index in [9.17, 15) is 4.39 Å². The van der Waals surface area contributed by atoms with E-state index < -0.39 is 5.54 Å². The molecule has 0 unspecified atom stereocenters. The Balaban J connectivity index is 2.59. The molecular weight excluding hydrogens is 181 g/mol. The fourth-order valence-corrected chi connectivity index (χ4v) is 1.68. The Kier molecular flexibility index (Phi) is 2.00. The summed E-state index contributed by atoms with van der Waals surface area (Å²) in [6.45, 7) is 1.74. The summed E-state index contributed by atoms with van der Waals surface area (Å²) in [6.07, 6.45) is 1.67. The third-order valence-electron chi connectivity index (χ3n) is 2.80. The minimum absolute atomic E-state index is 0.218. The van der Waals surface area contributed by atoms with Crippen LogP contribution in [0.25, 0.3) is 0 Å². The molecule has 0 amide bonds. The molecule has 2 N–H and O–H groups in total. The van der Waals surface area contributed by atoms with Gasteiger partial charge >= 0.3 is 0 Å². The molecule has 0 spiro atoms. The lowest BCUT2D eigenvalue weighted by molar-refractivity contribution is 0.396. The van der Waals surface area contributed by atoms with Gasteiger partial charge < -0.3 is 10.5 Å². The van der Waals surface area contributed by atoms with E-state index in [2.05, 4.69) is 0 Å². The highest BCUT2D eigenvalue weighted by Crippen LogP contribution is 2.48. The smallest absolute Gasteiger partial charge is 0.134 e. The van der Waals surface area contributed by atoms with Crippen LogP contribution < -0.4 is 10.5 Å². The van der Waals surface area contributed by atoms with Gasteiger partial charge in [-0.25, -0.2) is 4.39 Å². The normalized spacial score (nSPS) is 18.0. The van der Waals surface area contributed by atoms with Gasteiger partial charge in [0.05, 0.1) is 7.11 Å². The maximum absolute atomic E-state index is 13.8. The van der Waals surface area contributed by atoms with Crippen LogP contribution in [0.5, 0.6) is 5.75 Å². The van der Waals surface area contributed by atoms with Gasteiger partial charge in [-0.1, -0.05) is 6.07 Å². The van der Waals surface area contributed by atoms with Crippen molar-refractivity contribution < 1.29 is 9.13 Å². The molecule has 1 fully saturated rings. The predicted molar refractivity (Wildman–Crippen MR) is 52.8 cm³/mol. The molecule has 0 radical (unpaired) electrons. The molecule has 1 aliphatic rings. The molecule has 76 valence electrons. The number of benzene rings is 1. The zero-order valence-corrected chi connectivity index (χ0v) is 8.43. The molecular formula is C11H14FNO. The summed E-state index contributed by atoms with van der Waals surface area (Å²) in [6, 6.07) is 3.49. The standard InChI is InChI=1S/C11H14FNO/c1-7-3-4-8(14-2)9(10(7)12)11(13)5-6-11/h3-4H,5-6,13H2,1-2H3. The minimum atomic E-state index is -0.485. The topological polar surface area (TPSA) is 35.2 Å². The predicted octanol–water partition coefficient (Wildman–Crippen LogP) is 2.09. The van der Waals surface area contributed by atoms with E-state index in [-0.39, 0.29) is 5.82 Å². The van der Waals surface area contributed by atoms with Gasteiger partial charge in [0.1, 0.15) is 11.6 Å². The maximum Gasteiger partial charge on any atom is 0.134 e. The van der Waals surface area contributed by atoms with Gasteiger partial charge in [0.2, 0.25) is 0 Å². The van der Waals surface area contributed by atoms with Crippen molar-refractivity contribution in [2.45, 2.75) is 25.3 Å². The van der Waals surface area contributed by atoms with E-state index in [0.29, 0.717) is 16.9 Å². The van der Waals surface area contributed by atoms with Crippen LogP contribution in [0.4, 0.5) is 4.39 Å². The van der Waals surface area contributed by atoms with E-state index in [1.165, 1.54) is 0 Å². The second-order valence-corrected chi connectivity index (χ2v) is 3.93. The molecule has 1 aliphatic carbocycles. The van der Waals surface area contributed by atoms with Crippen molar-refractivity contribution in [1.29, 1.82) is 0 Å². The number of ether oxygens (including phenoxy) is 1. The van der Waals surface area contributed by atoms with Gasteiger partial charge in [-0.15, -0.1) is 0 Å². The van der Waals surface area contributed by atoms with Crippen molar-refractivity contribution >= 4 is 0 Å². The highest BCUT2D eigenvalue weighted by Gasteiger charge is 2.44. The summed E-state index contributed by atoms with van der Waals surface area (Å²) in [7, 11) is 1.54. The number of methoxy groups -OCH3 is 1. The molecule has 0 aromatic heterocycles. The zero-order valence-electron chi connectivity index (χ0n) is 8.43. The fourth-order valence-electron chi connectivity index (χ4n) is 1.68. The second kappa shape index (κ2) is 2.95. The summed E-state index contributed by atoms with van der Waals surface area (Å²) < 4.78 is 19.0. The molecule has 2 rings (SSSR count). The van der Waals surface area contributed by atoms with E-state index >= 15 is 0 Å². The average molecular weight is 195 g/mol. The molecule has 0 bridgehead atoms. The Labute approximate surface area is 82.9 Å². The van der Waals surface area contributed by atoms with Crippen molar-refractivity contribution in [1.82, 2.24) is 0 Å². The van der Waals surface area contributed by atoms with Crippen LogP contribution in [0, 0.1) is 12.7 Å². The lowest BCUT2D eigenvalue weighted by Crippen LogP contribution is -2.22. The highest BCUT2D eigenvalue weighted by atomic mass is 19.1. The Morgan fingerprint density at radius 1 is 1.43 bits per heavy atom. The molecule has 14 heavy (non-hydrogen) atoms. The van der Waals surface area contributed by atoms with Crippen LogP contribution >= 0.6 is 0 Å². The molecule has 0 saturated heterocycles. The van der Waals surface area contributed by atoms with Crippen molar-refractivity contribution in [2.24, 2.45) is 5.73 Å². The van der Waals surface area contributed by atoms with E-state index in [4.69, 9.17) is 10.5 Å². The summed E-state index contributed by atoms with van der Waals surface area (Å²) >= 11 is 0. The van der Waals surface area contributed by atoms with E-state index in [1.807, 2.05) is 0 Å². The number of rotatable bonds is 2. The molecule has 0 heterocycles. The van der Waals surface area contributed by atoms with Crippen LogP contribution in [0.2, 0.25) is 0 Å². The van der Waals surface area contributed by atoms with Crippen LogP contribution in [0.1, 0.15) is 24.0 Å². The SMILES string of the molecule is COc1ccc(C)c(F)c1C1(N)CC1. The van der Waals surface area contributed by atoms with Crippen LogP contribution in [-0.4, -0.2) is 7.11 Å². The van der Waals surface area contributed by atoms with Gasteiger partial charge in [0.15, 0.2) is 0 Å². The number of aryl methyl sites for hydroxylation is 1. The first-order valence-corrected chi connectivity index (χ1v) is 4.71. The number of nitrogens with two attached hydrogens (primary N) is 1. The van der Waals surface area contributed by atoms with Gasteiger partial charge in [-0.3, -0.25) is 0 Å². The van der Waals surface area contributed by atoms with Gasteiger partial charge in [-0.2, -0.15) is 0 Å². The van der Waals surface area contributed by atoms with Crippen molar-refractivity contribution in [3.05, 3.63) is 29.1 Å². The number of hydrogen-bond donors (Lipinski definition) is 1. The molecule has 2 nitrogen and oxygen atoms in total. The Hall–Kier alpha value is -1.09. The zero-order chi connectivity index (χ0) is 10.3. The number of halogens is 1. The second-order valence-electron chi connectivity index (χ2n) is 3.93. The summed E-state index contributed by atoms with van der Waals surface area (Å²) in [5.74, 6) is 0.345. The summed E-state index contributed by atoms with van der Waals surface area (Å²) in [4.78, 5) is 0. The fraction of sp³-hybridized carbons (Fsp3) is 0.455. The molecule has 1 saturated carbocycles. The maximum atomic E-state index is 13.8. The molecule has 1 aromatic rings.